The van der Waals surface area contributed by atoms with Crippen molar-refractivity contribution in [2.24, 2.45) is 0 Å². The van der Waals surface area contributed by atoms with Crippen molar-refractivity contribution in [3.8, 4) is 11.3 Å². The Kier molecular flexibility index (Phi) is 5.67. The highest BCUT2D eigenvalue weighted by molar-refractivity contribution is 5.75. The number of oxazole rings is 1. The van der Waals surface area contributed by atoms with E-state index in [1.807, 2.05) is 31.2 Å². The number of morpholine rings is 1. The summed E-state index contributed by atoms with van der Waals surface area (Å²) in [5, 5.41) is 2.84. The topological polar surface area (TPSA) is 76.7 Å². The Morgan fingerprint density at radius 2 is 1.92 bits per heavy atom. The summed E-state index contributed by atoms with van der Waals surface area (Å²) in [6.45, 7) is 6.53. The van der Waals surface area contributed by atoms with Crippen LogP contribution in [0.4, 0.5) is 0 Å². The van der Waals surface area contributed by atoms with E-state index in [0.29, 0.717) is 12.3 Å². The number of ether oxygens (including phenoxy) is 1. The van der Waals surface area contributed by atoms with Gasteiger partial charge in [0.25, 0.3) is 0 Å². The molecule has 3 rings (SSSR count). The van der Waals surface area contributed by atoms with Crippen LogP contribution in [0.25, 0.3) is 11.3 Å². The van der Waals surface area contributed by atoms with Crippen molar-refractivity contribution in [1.29, 1.82) is 0 Å². The third kappa shape index (κ3) is 4.80. The first-order valence-electron chi connectivity index (χ1n) is 8.46. The molecule has 1 saturated heterocycles. The van der Waals surface area contributed by atoms with Gasteiger partial charge < -0.3 is 14.5 Å². The summed E-state index contributed by atoms with van der Waals surface area (Å²) in [5.74, 6) is -0.267. The van der Waals surface area contributed by atoms with E-state index < -0.39 is 5.76 Å². The summed E-state index contributed by atoms with van der Waals surface area (Å²) >= 11 is 0. The summed E-state index contributed by atoms with van der Waals surface area (Å²) in [6, 6.07) is 7.68. The Balaban J connectivity index is 1.52. The van der Waals surface area contributed by atoms with E-state index in [1.54, 1.807) is 6.20 Å². The number of hydrogen-bond acceptors (Lipinski definition) is 5. The normalized spacial score (nSPS) is 15.2. The molecule has 134 valence electrons. The molecule has 1 aliphatic heterocycles. The van der Waals surface area contributed by atoms with Crippen molar-refractivity contribution >= 4 is 5.91 Å². The fourth-order valence-corrected chi connectivity index (χ4v) is 2.72. The Morgan fingerprint density at radius 3 is 2.64 bits per heavy atom. The standard InChI is InChI=1S/C18H23N3O4/c1-14-2-4-15(5-3-14)16-12-21(18(23)25-16)13-17(22)19-6-7-20-8-10-24-11-9-20/h2-5,12H,6-11,13H2,1H3,(H,19,22). The van der Waals surface area contributed by atoms with E-state index in [4.69, 9.17) is 9.15 Å². The van der Waals surface area contributed by atoms with E-state index in [-0.39, 0.29) is 12.5 Å². The second-order valence-corrected chi connectivity index (χ2v) is 6.16. The van der Waals surface area contributed by atoms with Crippen molar-refractivity contribution in [3.05, 3.63) is 46.6 Å². The third-order valence-corrected chi connectivity index (χ3v) is 4.21. The van der Waals surface area contributed by atoms with E-state index in [9.17, 15) is 9.59 Å². The van der Waals surface area contributed by atoms with Crippen LogP contribution in [0.1, 0.15) is 5.56 Å². The van der Waals surface area contributed by atoms with Crippen molar-refractivity contribution in [1.82, 2.24) is 14.8 Å². The third-order valence-electron chi connectivity index (χ3n) is 4.21. The first-order valence-corrected chi connectivity index (χ1v) is 8.46. The molecular formula is C18H23N3O4. The molecule has 25 heavy (non-hydrogen) atoms. The molecule has 1 aromatic heterocycles. The summed E-state index contributed by atoms with van der Waals surface area (Å²) in [5.41, 5.74) is 1.94. The smallest absolute Gasteiger partial charge is 0.408 e. The lowest BCUT2D eigenvalue weighted by Crippen LogP contribution is -2.42. The zero-order chi connectivity index (χ0) is 17.6. The molecule has 0 atom stereocenters. The summed E-state index contributed by atoms with van der Waals surface area (Å²) in [7, 11) is 0. The minimum atomic E-state index is -0.529. The molecule has 2 aromatic rings. The van der Waals surface area contributed by atoms with Crippen LogP contribution in [-0.2, 0) is 16.1 Å². The maximum Gasteiger partial charge on any atom is 0.419 e. The molecular weight excluding hydrogens is 322 g/mol. The van der Waals surface area contributed by atoms with Crippen LogP contribution >= 0.6 is 0 Å². The fourth-order valence-electron chi connectivity index (χ4n) is 2.72. The minimum Gasteiger partial charge on any atom is -0.408 e. The SMILES string of the molecule is Cc1ccc(-c2cn(CC(=O)NCCN3CCOCC3)c(=O)o2)cc1. The van der Waals surface area contributed by atoms with Gasteiger partial charge in [-0.2, -0.15) is 0 Å². The van der Waals surface area contributed by atoms with E-state index in [1.165, 1.54) is 4.57 Å². The highest BCUT2D eigenvalue weighted by Gasteiger charge is 2.13. The van der Waals surface area contributed by atoms with Gasteiger partial charge in [0.1, 0.15) is 6.54 Å². The highest BCUT2D eigenvalue weighted by atomic mass is 16.5. The van der Waals surface area contributed by atoms with Gasteiger partial charge in [-0.3, -0.25) is 14.3 Å². The maximum absolute atomic E-state index is 12.0. The molecule has 0 unspecified atom stereocenters. The summed E-state index contributed by atoms with van der Waals surface area (Å²) in [4.78, 5) is 26.2. The van der Waals surface area contributed by atoms with Crippen molar-refractivity contribution < 1.29 is 13.9 Å². The lowest BCUT2D eigenvalue weighted by molar-refractivity contribution is -0.121. The van der Waals surface area contributed by atoms with Crippen LogP contribution < -0.4 is 11.1 Å². The molecule has 1 N–H and O–H groups in total. The van der Waals surface area contributed by atoms with Crippen molar-refractivity contribution in [3.63, 3.8) is 0 Å². The van der Waals surface area contributed by atoms with Crippen LogP contribution in [-0.4, -0.2) is 54.8 Å². The largest absolute Gasteiger partial charge is 0.419 e. The first-order chi connectivity index (χ1) is 12.1. The van der Waals surface area contributed by atoms with Crippen molar-refractivity contribution in [2.75, 3.05) is 39.4 Å². The second-order valence-electron chi connectivity index (χ2n) is 6.16. The Morgan fingerprint density at radius 1 is 1.20 bits per heavy atom. The predicted octanol–water partition coefficient (Wildman–Crippen LogP) is 0.865. The molecule has 2 heterocycles. The second kappa shape index (κ2) is 8.13. The number of nitrogens with one attached hydrogen (secondary N) is 1. The van der Waals surface area contributed by atoms with Crippen molar-refractivity contribution in [2.45, 2.75) is 13.5 Å². The average Bonchev–Trinajstić information content (AvgIpc) is 2.97. The molecule has 1 aromatic carbocycles. The number of benzene rings is 1. The number of carbonyl (C=O) groups excluding carboxylic acids is 1. The number of amides is 1. The molecule has 1 fully saturated rings. The minimum absolute atomic E-state index is 0.0443. The Bertz CT molecular complexity index is 757. The van der Waals surface area contributed by atoms with Crippen LogP contribution in [0.15, 0.2) is 39.7 Å². The van der Waals surface area contributed by atoms with E-state index >= 15 is 0 Å². The zero-order valence-electron chi connectivity index (χ0n) is 14.4. The monoisotopic (exact) mass is 345 g/mol. The molecule has 7 heteroatoms. The van der Waals surface area contributed by atoms with Gasteiger partial charge in [0.15, 0.2) is 5.76 Å². The van der Waals surface area contributed by atoms with Gasteiger partial charge in [0.2, 0.25) is 5.91 Å². The van der Waals surface area contributed by atoms with Gasteiger partial charge in [-0.25, -0.2) is 4.79 Å². The lowest BCUT2D eigenvalue weighted by atomic mass is 10.1. The van der Waals surface area contributed by atoms with Crippen LogP contribution in [0.5, 0.6) is 0 Å². The molecule has 0 aliphatic carbocycles. The van der Waals surface area contributed by atoms with Gasteiger partial charge in [-0.1, -0.05) is 29.8 Å². The lowest BCUT2D eigenvalue weighted by Gasteiger charge is -2.26. The van der Waals surface area contributed by atoms with Gasteiger partial charge in [-0.15, -0.1) is 0 Å². The number of rotatable bonds is 6. The Hall–Kier alpha value is -2.38. The summed E-state index contributed by atoms with van der Waals surface area (Å²) in [6.07, 6.45) is 1.58. The molecule has 1 amide bonds. The molecule has 0 bridgehead atoms. The molecule has 0 saturated carbocycles. The fraction of sp³-hybridized carbons (Fsp3) is 0.444. The van der Waals surface area contributed by atoms with Gasteiger partial charge in [0.05, 0.1) is 19.4 Å². The van der Waals surface area contributed by atoms with Crippen LogP contribution in [0.3, 0.4) is 0 Å². The predicted molar refractivity (Wildman–Crippen MR) is 93.4 cm³/mol. The quantitative estimate of drug-likeness (QED) is 0.840. The zero-order valence-corrected chi connectivity index (χ0v) is 14.4. The molecule has 0 radical (unpaired) electrons. The maximum atomic E-state index is 12.0. The molecule has 0 spiro atoms. The number of nitrogens with zero attached hydrogens (tertiary/aromatic N) is 2. The highest BCUT2D eigenvalue weighted by Crippen LogP contribution is 2.18. The van der Waals surface area contributed by atoms with Gasteiger partial charge in [0, 0.05) is 31.7 Å². The molecule has 1 aliphatic rings. The van der Waals surface area contributed by atoms with Gasteiger partial charge >= 0.3 is 5.76 Å². The Labute approximate surface area is 146 Å². The number of carbonyl (C=O) groups is 1. The average molecular weight is 345 g/mol. The van der Waals surface area contributed by atoms with Gasteiger partial charge in [-0.05, 0) is 6.92 Å². The van der Waals surface area contributed by atoms with E-state index in [0.717, 1.165) is 44.0 Å². The number of aromatic nitrogens is 1. The van der Waals surface area contributed by atoms with Crippen LogP contribution in [0, 0.1) is 6.92 Å². The van der Waals surface area contributed by atoms with Crippen LogP contribution in [0.2, 0.25) is 0 Å². The summed E-state index contributed by atoms with van der Waals surface area (Å²) < 4.78 is 11.8. The number of aryl methyl sites for hydroxylation is 1. The first kappa shape index (κ1) is 17.4. The number of hydrogen-bond donors (Lipinski definition) is 1. The molecule has 7 nitrogen and oxygen atoms in total. The van der Waals surface area contributed by atoms with E-state index in [2.05, 4.69) is 10.2 Å².